The number of aliphatic imine (C=N–C) groups is 1. The van der Waals surface area contributed by atoms with Crippen molar-refractivity contribution in [3.05, 3.63) is 67.9 Å². The van der Waals surface area contributed by atoms with Gasteiger partial charge in [-0.3, -0.25) is 19.9 Å². The van der Waals surface area contributed by atoms with E-state index in [-0.39, 0.29) is 22.9 Å². The number of hydrogen-bond acceptors (Lipinski definition) is 4. The summed E-state index contributed by atoms with van der Waals surface area (Å²) in [5.41, 5.74) is -0.243. The molecule has 0 unspecified atom stereocenters. The minimum Gasteiger partial charge on any atom is -0.312 e. The summed E-state index contributed by atoms with van der Waals surface area (Å²) >= 11 is 3.31. The van der Waals surface area contributed by atoms with Gasteiger partial charge in [-0.05, 0) is 41.9 Å². The number of benzodiazepines with no additional fused rings is 1. The number of hydrogen-bond donors (Lipinski definition) is 0. The van der Waals surface area contributed by atoms with Crippen LogP contribution in [0, 0.1) is 15.9 Å². The van der Waals surface area contributed by atoms with E-state index in [4.69, 9.17) is 0 Å². The molecule has 0 N–H and O–H groups in total. The second-order valence-corrected chi connectivity index (χ2v) is 7.30. The first-order valence-electron chi connectivity index (χ1n) is 7.74. The Balaban J connectivity index is 2.43. The predicted octanol–water partition coefficient (Wildman–Crippen LogP) is 4.09. The van der Waals surface area contributed by atoms with Crippen molar-refractivity contribution in [2.24, 2.45) is 4.99 Å². The van der Waals surface area contributed by atoms with Crippen molar-refractivity contribution < 1.29 is 14.1 Å². The number of nitro benzene ring substituents is 1. The van der Waals surface area contributed by atoms with Crippen molar-refractivity contribution in [2.75, 3.05) is 11.9 Å². The van der Waals surface area contributed by atoms with E-state index in [0.29, 0.717) is 15.7 Å². The highest BCUT2D eigenvalue weighted by Crippen LogP contribution is 2.39. The molecule has 1 aliphatic rings. The highest BCUT2D eigenvalue weighted by atomic mass is 79.9. The van der Waals surface area contributed by atoms with Crippen molar-refractivity contribution in [1.82, 2.24) is 0 Å². The fraction of sp³-hybridized carbons (Fsp3) is 0.222. The number of benzene rings is 2. The number of rotatable bonds is 2. The maximum atomic E-state index is 14.5. The quantitative estimate of drug-likeness (QED) is 0.543. The average Bonchev–Trinajstić information content (AvgIpc) is 2.64. The summed E-state index contributed by atoms with van der Waals surface area (Å²) in [5, 5.41) is 11.3. The van der Waals surface area contributed by atoms with Gasteiger partial charge in [-0.2, -0.15) is 0 Å². The number of carbonyl (C=O) groups excluding carboxylic acids is 1. The largest absolute Gasteiger partial charge is 0.312 e. The maximum Gasteiger partial charge on any atom is 0.271 e. The molecule has 2 aromatic rings. The van der Waals surface area contributed by atoms with Crippen LogP contribution in [-0.2, 0) is 4.79 Å². The van der Waals surface area contributed by atoms with Gasteiger partial charge in [0.15, 0.2) is 0 Å². The topological polar surface area (TPSA) is 75.8 Å². The van der Waals surface area contributed by atoms with Crippen LogP contribution in [0.25, 0.3) is 0 Å². The van der Waals surface area contributed by atoms with Crippen LogP contribution in [0.1, 0.15) is 25.0 Å². The van der Waals surface area contributed by atoms with Crippen LogP contribution in [0.3, 0.4) is 0 Å². The van der Waals surface area contributed by atoms with E-state index in [1.165, 1.54) is 29.2 Å². The van der Waals surface area contributed by atoms with Gasteiger partial charge in [-0.15, -0.1) is 0 Å². The minimum atomic E-state index is -1.17. The first-order valence-corrected chi connectivity index (χ1v) is 8.54. The Bertz CT molecular complexity index is 972. The smallest absolute Gasteiger partial charge is 0.271 e. The van der Waals surface area contributed by atoms with Crippen molar-refractivity contribution in [2.45, 2.75) is 19.4 Å². The minimum absolute atomic E-state index is 0.178. The van der Waals surface area contributed by atoms with E-state index >= 15 is 0 Å². The van der Waals surface area contributed by atoms with Gasteiger partial charge >= 0.3 is 0 Å². The molecule has 26 heavy (non-hydrogen) atoms. The molecular formula is C18H15BrFN3O3. The van der Waals surface area contributed by atoms with Gasteiger partial charge in [0.25, 0.3) is 11.6 Å². The molecule has 1 aliphatic heterocycles. The van der Waals surface area contributed by atoms with Crippen LogP contribution in [0.15, 0.2) is 45.9 Å². The van der Waals surface area contributed by atoms with Crippen molar-refractivity contribution in [3.8, 4) is 0 Å². The zero-order chi connectivity index (χ0) is 19.2. The van der Waals surface area contributed by atoms with E-state index in [2.05, 4.69) is 20.9 Å². The third-order valence-electron chi connectivity index (χ3n) is 4.20. The first kappa shape index (κ1) is 18.2. The molecule has 0 saturated heterocycles. The third kappa shape index (κ3) is 2.90. The van der Waals surface area contributed by atoms with Gasteiger partial charge in [0, 0.05) is 34.8 Å². The normalized spacial score (nSPS) is 16.0. The Hall–Kier alpha value is -2.61. The van der Waals surface area contributed by atoms with Crippen LogP contribution in [0.5, 0.6) is 0 Å². The Kier molecular flexibility index (Phi) is 4.39. The fourth-order valence-electron chi connectivity index (χ4n) is 2.97. The number of nitro groups is 1. The summed E-state index contributed by atoms with van der Waals surface area (Å²) in [4.78, 5) is 29.5. The van der Waals surface area contributed by atoms with E-state index in [9.17, 15) is 19.3 Å². The molecule has 6 nitrogen and oxygen atoms in total. The number of likely N-dealkylation sites (N-methyl/N-ethyl adjacent to an activating group) is 1. The number of non-ortho nitro benzene ring substituents is 1. The van der Waals surface area contributed by atoms with E-state index in [1.54, 1.807) is 33.0 Å². The standard InChI is InChI=1S/C18H15BrFN3O3/c1-18(2)17(24)22(3)16-12(8-10(23(25)26)9-13(16)19)15(21-18)11-6-4-5-7-14(11)20/h4-9H,1-3H3. The second-order valence-electron chi connectivity index (χ2n) is 6.44. The lowest BCUT2D eigenvalue weighted by Crippen LogP contribution is -2.41. The molecule has 8 heteroatoms. The molecule has 3 rings (SSSR count). The summed E-state index contributed by atoms with van der Waals surface area (Å²) < 4.78 is 14.8. The molecule has 134 valence electrons. The zero-order valence-electron chi connectivity index (χ0n) is 14.3. The highest BCUT2D eigenvalue weighted by molar-refractivity contribution is 9.10. The van der Waals surface area contributed by atoms with Crippen LogP contribution in [0.4, 0.5) is 15.8 Å². The van der Waals surface area contributed by atoms with E-state index < -0.39 is 16.3 Å². The molecule has 0 fully saturated rings. The predicted molar refractivity (Wildman–Crippen MR) is 100 cm³/mol. The molecule has 0 bridgehead atoms. The number of carbonyl (C=O) groups is 1. The lowest BCUT2D eigenvalue weighted by molar-refractivity contribution is -0.384. The van der Waals surface area contributed by atoms with Crippen molar-refractivity contribution >= 4 is 38.9 Å². The van der Waals surface area contributed by atoms with Gasteiger partial charge in [0.2, 0.25) is 0 Å². The fourth-order valence-corrected chi connectivity index (χ4v) is 3.68. The van der Waals surface area contributed by atoms with Gasteiger partial charge in [-0.25, -0.2) is 4.39 Å². The number of amides is 1. The number of halogens is 2. The lowest BCUT2D eigenvalue weighted by Gasteiger charge is -2.25. The third-order valence-corrected chi connectivity index (χ3v) is 4.80. The van der Waals surface area contributed by atoms with Gasteiger partial charge in [-0.1, -0.05) is 12.1 Å². The summed E-state index contributed by atoms with van der Waals surface area (Å²) in [5.74, 6) is -0.827. The monoisotopic (exact) mass is 419 g/mol. The molecule has 0 spiro atoms. The number of nitrogens with zero attached hydrogens (tertiary/aromatic N) is 3. The highest BCUT2D eigenvalue weighted by Gasteiger charge is 2.38. The Morgan fingerprint density at radius 3 is 2.50 bits per heavy atom. The first-order chi connectivity index (χ1) is 12.1. The SMILES string of the molecule is CN1C(=O)C(C)(C)N=C(c2ccccc2F)c2cc([N+](=O)[O-])cc(Br)c21. The molecule has 0 radical (unpaired) electrons. The average molecular weight is 420 g/mol. The number of anilines is 1. The van der Waals surface area contributed by atoms with Gasteiger partial charge < -0.3 is 4.90 Å². The second kappa shape index (κ2) is 6.28. The molecule has 0 aliphatic carbocycles. The molecule has 1 amide bonds. The van der Waals surface area contributed by atoms with Crippen molar-refractivity contribution in [3.63, 3.8) is 0 Å². The summed E-state index contributed by atoms with van der Waals surface area (Å²) in [6.07, 6.45) is 0. The molecule has 0 atom stereocenters. The van der Waals surface area contributed by atoms with Crippen LogP contribution >= 0.6 is 15.9 Å². The van der Waals surface area contributed by atoms with E-state index in [0.717, 1.165) is 0 Å². The molecule has 0 aromatic heterocycles. The Labute approximate surface area is 157 Å². The van der Waals surface area contributed by atoms with Crippen molar-refractivity contribution in [1.29, 1.82) is 0 Å². The zero-order valence-corrected chi connectivity index (χ0v) is 15.9. The summed E-state index contributed by atoms with van der Waals surface area (Å²) in [7, 11) is 1.57. The van der Waals surface area contributed by atoms with Crippen LogP contribution in [-0.4, -0.2) is 29.1 Å². The van der Waals surface area contributed by atoms with Gasteiger partial charge in [0.05, 0.1) is 16.3 Å². The molecule has 0 saturated carbocycles. The Morgan fingerprint density at radius 2 is 1.88 bits per heavy atom. The molecular weight excluding hydrogens is 405 g/mol. The number of fused-ring (bicyclic) bond motifs is 1. The van der Waals surface area contributed by atoms with E-state index in [1.807, 2.05) is 0 Å². The maximum absolute atomic E-state index is 14.5. The Morgan fingerprint density at radius 1 is 1.23 bits per heavy atom. The molecule has 1 heterocycles. The van der Waals surface area contributed by atoms with Crippen LogP contribution in [0.2, 0.25) is 0 Å². The lowest BCUT2D eigenvalue weighted by atomic mass is 9.98. The van der Waals surface area contributed by atoms with Crippen LogP contribution < -0.4 is 4.90 Å². The summed E-state index contributed by atoms with van der Waals surface area (Å²) in [6, 6.07) is 8.65. The summed E-state index contributed by atoms with van der Waals surface area (Å²) in [6.45, 7) is 3.25. The molecule has 2 aromatic carbocycles. The van der Waals surface area contributed by atoms with Gasteiger partial charge in [0.1, 0.15) is 11.4 Å².